The van der Waals surface area contributed by atoms with Gasteiger partial charge in [0.1, 0.15) is 12.1 Å². The Morgan fingerprint density at radius 2 is 1.83 bits per heavy atom. The van der Waals surface area contributed by atoms with E-state index in [0.29, 0.717) is 25.7 Å². The summed E-state index contributed by atoms with van der Waals surface area (Å²) in [6, 6.07) is -1.65. The van der Waals surface area contributed by atoms with Crippen LogP contribution in [0.2, 0.25) is 0 Å². The topological polar surface area (TPSA) is 211 Å². The number of carboxylic acids is 1. The maximum Gasteiger partial charge on any atom is 0.306 e. The van der Waals surface area contributed by atoms with Crippen LogP contribution in [0.15, 0.2) is 4.99 Å². The lowest BCUT2D eigenvalue weighted by Crippen LogP contribution is -2.54. The van der Waals surface area contributed by atoms with Crippen LogP contribution in [0, 0.1) is 23.7 Å². The number of carbonyl (C=O) groups is 6. The first-order valence-electron chi connectivity index (χ1n) is 12.2. The number of rotatable bonds is 17. The molecule has 12 nitrogen and oxygen atoms in total. The number of Topliss-reactive ketones (excluding diaryl/α,β-unsaturated/α-hetero) is 2. The van der Waals surface area contributed by atoms with Crippen LogP contribution in [0.1, 0.15) is 65.7 Å². The summed E-state index contributed by atoms with van der Waals surface area (Å²) in [6.45, 7) is 5.61. The molecule has 0 saturated carbocycles. The van der Waals surface area contributed by atoms with Gasteiger partial charge in [0.2, 0.25) is 11.8 Å². The van der Waals surface area contributed by atoms with Crippen LogP contribution in [-0.4, -0.2) is 65.3 Å². The molecule has 0 fully saturated rings. The highest BCUT2D eigenvalue weighted by Crippen LogP contribution is 2.22. The predicted octanol–water partition coefficient (Wildman–Crippen LogP) is -0.0801. The molecule has 2 amide bonds. The summed E-state index contributed by atoms with van der Waals surface area (Å²) >= 11 is 0. The van der Waals surface area contributed by atoms with E-state index in [1.165, 1.54) is 0 Å². The van der Waals surface area contributed by atoms with Crippen molar-refractivity contribution in [3.8, 4) is 0 Å². The zero-order chi connectivity index (χ0) is 27.4. The predicted molar refractivity (Wildman–Crippen MR) is 132 cm³/mol. The molecule has 1 heterocycles. The number of amides is 2. The number of guanidine groups is 1. The second-order valence-electron chi connectivity index (χ2n) is 9.87. The third-order valence-corrected chi connectivity index (χ3v) is 6.04. The van der Waals surface area contributed by atoms with Crippen molar-refractivity contribution in [1.29, 1.82) is 0 Å². The number of hydrogen-bond acceptors (Lipinski definition) is 9. The van der Waals surface area contributed by atoms with E-state index in [9.17, 15) is 33.9 Å². The van der Waals surface area contributed by atoms with E-state index in [1.54, 1.807) is 6.92 Å². The molecular formula is C24H39N5O7. The Morgan fingerprint density at radius 3 is 2.36 bits per heavy atom. The van der Waals surface area contributed by atoms with E-state index in [2.05, 4.69) is 15.6 Å². The number of nitrogens with one attached hydrogen (secondary N) is 2. The highest BCUT2D eigenvalue weighted by Gasteiger charge is 2.35. The summed E-state index contributed by atoms with van der Waals surface area (Å²) in [7, 11) is 0. The fourth-order valence-corrected chi connectivity index (χ4v) is 4.18. The number of carboxylic acid groups (broad SMARTS) is 1. The van der Waals surface area contributed by atoms with Gasteiger partial charge < -0.3 is 32.0 Å². The van der Waals surface area contributed by atoms with Crippen LogP contribution in [0.4, 0.5) is 0 Å². The molecule has 7 N–H and O–H groups in total. The molecule has 0 spiro atoms. The maximum absolute atomic E-state index is 13.4. The van der Waals surface area contributed by atoms with E-state index in [4.69, 9.17) is 11.5 Å². The molecular weight excluding hydrogens is 470 g/mol. The first-order chi connectivity index (χ1) is 16.8. The van der Waals surface area contributed by atoms with Gasteiger partial charge in [-0.1, -0.05) is 20.8 Å². The number of aliphatic imine (C=N–C) groups is 1. The number of nitrogens with zero attached hydrogens (tertiary/aromatic N) is 1. The molecule has 1 aliphatic heterocycles. The molecule has 0 aromatic heterocycles. The van der Waals surface area contributed by atoms with Gasteiger partial charge in [-0.05, 0) is 25.2 Å². The van der Waals surface area contributed by atoms with Crippen molar-refractivity contribution in [2.75, 3.05) is 6.54 Å². The summed E-state index contributed by atoms with van der Waals surface area (Å²) in [5.74, 6) is -5.42. The van der Waals surface area contributed by atoms with Gasteiger partial charge in [0.05, 0.1) is 17.9 Å². The molecule has 12 heteroatoms. The van der Waals surface area contributed by atoms with Crippen molar-refractivity contribution in [1.82, 2.24) is 10.6 Å². The highest BCUT2D eigenvalue weighted by atomic mass is 16.4. The summed E-state index contributed by atoms with van der Waals surface area (Å²) in [6.07, 6.45) is 0.495. The normalized spacial score (nSPS) is 18.7. The molecule has 0 aliphatic carbocycles. The van der Waals surface area contributed by atoms with Crippen molar-refractivity contribution >= 4 is 41.6 Å². The van der Waals surface area contributed by atoms with Gasteiger partial charge in [0.15, 0.2) is 11.7 Å². The van der Waals surface area contributed by atoms with Crippen molar-refractivity contribution in [3.05, 3.63) is 0 Å². The Balaban J connectivity index is 3.10. The van der Waals surface area contributed by atoms with Gasteiger partial charge >= 0.3 is 5.97 Å². The van der Waals surface area contributed by atoms with Gasteiger partial charge in [-0.15, -0.1) is 0 Å². The lowest BCUT2D eigenvalue weighted by Gasteiger charge is -2.31. The van der Waals surface area contributed by atoms with E-state index >= 15 is 0 Å². The third-order valence-electron chi connectivity index (χ3n) is 6.04. The van der Waals surface area contributed by atoms with E-state index < -0.39 is 59.2 Å². The average Bonchev–Trinajstić information content (AvgIpc) is 2.78. The van der Waals surface area contributed by atoms with Crippen molar-refractivity contribution in [2.45, 2.75) is 77.8 Å². The summed E-state index contributed by atoms with van der Waals surface area (Å²) in [4.78, 5) is 77.0. The van der Waals surface area contributed by atoms with Crippen LogP contribution >= 0.6 is 0 Å². The van der Waals surface area contributed by atoms with Crippen molar-refractivity contribution in [2.24, 2.45) is 40.1 Å². The molecule has 0 aromatic rings. The second kappa shape index (κ2) is 14.9. The maximum atomic E-state index is 13.4. The molecule has 3 unspecified atom stereocenters. The number of ketones is 2. The van der Waals surface area contributed by atoms with Crippen LogP contribution < -0.4 is 22.1 Å². The number of aliphatic carboxylic acids is 1. The van der Waals surface area contributed by atoms with Crippen LogP contribution in [0.25, 0.3) is 0 Å². The number of carbonyl (C=O) groups excluding carboxylic acids is 5. The summed E-state index contributed by atoms with van der Waals surface area (Å²) in [5, 5.41) is 15.0. The van der Waals surface area contributed by atoms with Gasteiger partial charge in [-0.3, -0.25) is 29.0 Å². The van der Waals surface area contributed by atoms with E-state index in [-0.39, 0.29) is 44.0 Å². The Labute approximate surface area is 211 Å². The molecule has 1 aliphatic rings. The fourth-order valence-electron chi connectivity index (χ4n) is 4.18. The highest BCUT2D eigenvalue weighted by molar-refractivity contribution is 5.94. The molecule has 0 bridgehead atoms. The lowest BCUT2D eigenvalue weighted by molar-refractivity contribution is -0.144. The minimum atomic E-state index is -1.08. The minimum absolute atomic E-state index is 0.0523. The standard InChI is InChI=1S/C24H39N5O7/c1-13(2)8-15(23(35)36)10-16(31)11-17(18-6-7-27-24(26)29-18)22(34)28-19(4-5-21(25)33)20(32)9-14(3)12-30/h12-15,17-19H,4-11H2,1-3H3,(H2,25,33)(H,28,34)(H,35,36)(H3,26,27,29)/t14?,15-,17?,18?,19+/m1/s1. The Morgan fingerprint density at radius 1 is 1.17 bits per heavy atom. The minimum Gasteiger partial charge on any atom is -0.481 e. The largest absolute Gasteiger partial charge is 0.481 e. The molecule has 1 rings (SSSR count). The van der Waals surface area contributed by atoms with Gasteiger partial charge in [0.25, 0.3) is 0 Å². The number of hydrogen-bond donors (Lipinski definition) is 5. The molecule has 202 valence electrons. The van der Waals surface area contributed by atoms with Gasteiger partial charge in [0, 0.05) is 44.2 Å². The molecule has 5 atom stereocenters. The number of aldehydes is 1. The molecule has 0 saturated heterocycles. The monoisotopic (exact) mass is 509 g/mol. The summed E-state index contributed by atoms with van der Waals surface area (Å²) < 4.78 is 0. The zero-order valence-corrected chi connectivity index (χ0v) is 21.2. The number of primary amides is 1. The zero-order valence-electron chi connectivity index (χ0n) is 21.2. The van der Waals surface area contributed by atoms with E-state index in [0.717, 1.165) is 0 Å². The van der Waals surface area contributed by atoms with E-state index in [1.807, 2.05) is 13.8 Å². The van der Waals surface area contributed by atoms with Crippen LogP contribution in [-0.2, 0) is 28.8 Å². The Kier molecular flexibility index (Phi) is 12.8. The second-order valence-corrected chi connectivity index (χ2v) is 9.87. The summed E-state index contributed by atoms with van der Waals surface area (Å²) in [5.41, 5.74) is 11.0. The first kappa shape index (κ1) is 30.7. The lowest BCUT2D eigenvalue weighted by atomic mass is 9.85. The SMILES string of the molecule is CC(C)C[C@H](CC(=O)CC(C(=O)N[C@@H](CCC(N)=O)C(=O)CC(C)C=O)C1CCN=C(N)N1)C(=O)O. The Bertz CT molecular complexity index is 858. The van der Waals surface area contributed by atoms with Crippen molar-refractivity contribution < 1.29 is 33.9 Å². The van der Waals surface area contributed by atoms with Gasteiger partial charge in [-0.2, -0.15) is 0 Å². The number of nitrogens with two attached hydrogens (primary N) is 2. The smallest absolute Gasteiger partial charge is 0.306 e. The molecule has 0 aromatic carbocycles. The van der Waals surface area contributed by atoms with Crippen LogP contribution in [0.3, 0.4) is 0 Å². The third kappa shape index (κ3) is 11.0. The average molecular weight is 510 g/mol. The molecule has 36 heavy (non-hydrogen) atoms. The quantitative estimate of drug-likeness (QED) is 0.166. The molecule has 0 radical (unpaired) electrons. The van der Waals surface area contributed by atoms with Crippen LogP contribution in [0.5, 0.6) is 0 Å². The fraction of sp³-hybridized carbons (Fsp3) is 0.708. The first-order valence-corrected chi connectivity index (χ1v) is 12.2. The van der Waals surface area contributed by atoms with Crippen molar-refractivity contribution in [3.63, 3.8) is 0 Å². The Hall–Kier alpha value is -3.31. The van der Waals surface area contributed by atoms with Gasteiger partial charge in [-0.25, -0.2) is 0 Å².